The highest BCUT2D eigenvalue weighted by Gasteiger charge is 2.19. The number of hydrogen-bond acceptors (Lipinski definition) is 5. The number of rotatable bonds is 3. The van der Waals surface area contributed by atoms with Gasteiger partial charge in [0.2, 0.25) is 0 Å². The molecule has 0 unspecified atom stereocenters. The number of nitrogens with one attached hydrogen (secondary N) is 1. The van der Waals surface area contributed by atoms with E-state index in [1.165, 1.54) is 16.9 Å². The van der Waals surface area contributed by atoms with E-state index in [1.807, 2.05) is 0 Å². The maximum absolute atomic E-state index is 11.9. The van der Waals surface area contributed by atoms with Gasteiger partial charge in [-0.2, -0.15) is 9.71 Å². The normalized spacial score (nSPS) is 12.1. The third-order valence-corrected chi connectivity index (χ3v) is 2.72. The van der Waals surface area contributed by atoms with Crippen LogP contribution in [-0.4, -0.2) is 34.8 Å². The molecule has 0 spiro atoms. The molecule has 2 aromatic rings. The van der Waals surface area contributed by atoms with Gasteiger partial charge in [-0.3, -0.25) is 0 Å². The van der Waals surface area contributed by atoms with Crippen LogP contribution in [0.2, 0.25) is 0 Å². The average molecular weight is 231 g/mol. The minimum atomic E-state index is -3.98. The summed E-state index contributed by atoms with van der Waals surface area (Å²) >= 11 is 0. The van der Waals surface area contributed by atoms with E-state index in [0.717, 1.165) is 0 Å². The van der Waals surface area contributed by atoms with E-state index in [9.17, 15) is 12.8 Å². The Morgan fingerprint density at radius 1 is 1.53 bits per heavy atom. The Balaban J connectivity index is 2.54. The number of hydrogen-bond donors (Lipinski definition) is 1. The lowest BCUT2D eigenvalue weighted by molar-refractivity contribution is 0.466. The third kappa shape index (κ3) is 1.78. The van der Waals surface area contributed by atoms with Crippen LogP contribution in [0, 0.1) is 0 Å². The molecule has 0 amide bonds. The topological polar surface area (TPSA) is 89.2 Å². The van der Waals surface area contributed by atoms with Crippen LogP contribution in [0.3, 0.4) is 0 Å². The first-order chi connectivity index (χ1) is 7.13. The van der Waals surface area contributed by atoms with Gasteiger partial charge in [0.15, 0.2) is 6.80 Å². The molecule has 0 aliphatic carbocycles. The molecule has 0 radical (unpaired) electrons. The Bertz CT molecular complexity index is 547. The van der Waals surface area contributed by atoms with E-state index in [4.69, 9.17) is 0 Å². The van der Waals surface area contributed by atoms with Crippen LogP contribution in [0.5, 0.6) is 0 Å². The fraction of sp³-hybridized carbons (Fsp3) is 0.167. The molecule has 80 valence electrons. The molecule has 0 saturated heterocycles. The predicted molar refractivity (Wildman–Crippen MR) is 47.1 cm³/mol. The highest BCUT2D eigenvalue weighted by molar-refractivity contribution is 7.89. The number of sulfonamides is 1. The van der Waals surface area contributed by atoms with Gasteiger partial charge in [-0.15, -0.1) is 5.10 Å². The van der Waals surface area contributed by atoms with Gasteiger partial charge in [0.05, 0.1) is 0 Å². The Labute approximate surface area is 84.0 Å². The van der Waals surface area contributed by atoms with Crippen LogP contribution in [-0.2, 0) is 10.0 Å². The van der Waals surface area contributed by atoms with E-state index in [1.54, 1.807) is 10.8 Å². The van der Waals surface area contributed by atoms with Crippen molar-refractivity contribution in [1.82, 2.24) is 24.3 Å². The number of aromatic nitrogens is 4. The molecule has 2 heterocycles. The standard InChI is InChI=1S/C6H6FN5O2S/c7-4-9-15(13,14)6-10-5-8-2-1-3-12(5)11-6/h1-3,9H,4H2. The molecule has 0 aromatic carbocycles. The minimum Gasteiger partial charge on any atom is -0.233 e. The molecule has 0 aliphatic rings. The van der Waals surface area contributed by atoms with Crippen LogP contribution < -0.4 is 4.72 Å². The van der Waals surface area contributed by atoms with E-state index in [-0.39, 0.29) is 5.78 Å². The summed E-state index contributed by atoms with van der Waals surface area (Å²) in [5.41, 5.74) is 0. The largest absolute Gasteiger partial charge is 0.284 e. The second-order valence-corrected chi connectivity index (χ2v) is 4.20. The zero-order chi connectivity index (χ0) is 10.9. The molecule has 0 bridgehead atoms. The van der Waals surface area contributed by atoms with Gasteiger partial charge in [-0.25, -0.2) is 22.3 Å². The van der Waals surface area contributed by atoms with Crippen molar-refractivity contribution in [3.63, 3.8) is 0 Å². The molecule has 0 aliphatic heterocycles. The van der Waals surface area contributed by atoms with Crippen LogP contribution in [0.1, 0.15) is 0 Å². The number of halogens is 1. The summed E-state index contributed by atoms with van der Waals surface area (Å²) in [6.07, 6.45) is 2.94. The molecule has 0 fully saturated rings. The fourth-order valence-corrected chi connectivity index (χ4v) is 1.63. The fourth-order valence-electron chi connectivity index (χ4n) is 0.964. The van der Waals surface area contributed by atoms with Crippen molar-refractivity contribution < 1.29 is 12.8 Å². The quantitative estimate of drug-likeness (QED) is 0.707. The summed E-state index contributed by atoms with van der Waals surface area (Å²) in [5.74, 6) is 0.136. The van der Waals surface area contributed by atoms with Gasteiger partial charge >= 0.3 is 0 Å². The maximum Gasteiger partial charge on any atom is 0.284 e. The van der Waals surface area contributed by atoms with Crippen LogP contribution >= 0.6 is 0 Å². The number of alkyl halides is 1. The highest BCUT2D eigenvalue weighted by atomic mass is 32.2. The second kappa shape index (κ2) is 3.51. The number of nitrogens with zero attached hydrogens (tertiary/aromatic N) is 4. The van der Waals surface area contributed by atoms with Crippen molar-refractivity contribution in [3.05, 3.63) is 18.5 Å². The minimum absolute atomic E-state index is 0.136. The molecule has 9 heteroatoms. The third-order valence-electron chi connectivity index (χ3n) is 1.58. The number of fused-ring (bicyclic) bond motifs is 1. The lowest BCUT2D eigenvalue weighted by Gasteiger charge is -1.94. The van der Waals surface area contributed by atoms with Gasteiger partial charge in [-0.1, -0.05) is 0 Å². The lowest BCUT2D eigenvalue weighted by Crippen LogP contribution is -2.23. The Morgan fingerprint density at radius 2 is 2.33 bits per heavy atom. The summed E-state index contributed by atoms with van der Waals surface area (Å²) in [6.45, 7) is -1.20. The van der Waals surface area contributed by atoms with E-state index < -0.39 is 22.0 Å². The summed E-state index contributed by atoms with van der Waals surface area (Å²) in [7, 11) is -3.98. The van der Waals surface area contributed by atoms with Crippen molar-refractivity contribution in [2.24, 2.45) is 0 Å². The lowest BCUT2D eigenvalue weighted by atomic mass is 10.7. The molecule has 15 heavy (non-hydrogen) atoms. The van der Waals surface area contributed by atoms with Gasteiger partial charge in [-0.05, 0) is 6.07 Å². The predicted octanol–water partition coefficient (Wildman–Crippen LogP) is -0.670. The van der Waals surface area contributed by atoms with E-state index in [0.29, 0.717) is 0 Å². The molecule has 0 saturated carbocycles. The van der Waals surface area contributed by atoms with Gasteiger partial charge in [0.1, 0.15) is 0 Å². The van der Waals surface area contributed by atoms with Crippen molar-refractivity contribution in [3.8, 4) is 0 Å². The molecule has 0 atom stereocenters. The van der Waals surface area contributed by atoms with Crippen molar-refractivity contribution >= 4 is 15.8 Å². The Hall–Kier alpha value is -1.61. The molecular formula is C6H6FN5O2S. The van der Waals surface area contributed by atoms with Gasteiger partial charge in [0.25, 0.3) is 21.0 Å². The first-order valence-corrected chi connectivity index (χ1v) is 5.35. The van der Waals surface area contributed by atoms with Crippen LogP contribution in [0.25, 0.3) is 5.78 Å². The zero-order valence-electron chi connectivity index (χ0n) is 7.33. The molecule has 2 rings (SSSR count). The van der Waals surface area contributed by atoms with Crippen LogP contribution in [0.4, 0.5) is 4.39 Å². The second-order valence-electron chi connectivity index (χ2n) is 2.54. The SMILES string of the molecule is O=S(=O)(NCF)c1nc2ncccn2n1. The van der Waals surface area contributed by atoms with E-state index >= 15 is 0 Å². The Kier molecular flexibility index (Phi) is 2.32. The van der Waals surface area contributed by atoms with Crippen molar-refractivity contribution in [1.29, 1.82) is 0 Å². The first kappa shape index (κ1) is 9.93. The molecule has 7 nitrogen and oxygen atoms in total. The Morgan fingerprint density at radius 3 is 3.00 bits per heavy atom. The maximum atomic E-state index is 11.9. The summed E-state index contributed by atoms with van der Waals surface area (Å²) in [4.78, 5) is 7.41. The van der Waals surface area contributed by atoms with Gasteiger partial charge < -0.3 is 0 Å². The highest BCUT2D eigenvalue weighted by Crippen LogP contribution is 2.03. The average Bonchev–Trinajstić information content (AvgIpc) is 2.61. The summed E-state index contributed by atoms with van der Waals surface area (Å²) in [6, 6.07) is 1.57. The monoisotopic (exact) mass is 231 g/mol. The summed E-state index contributed by atoms with van der Waals surface area (Å²) < 4.78 is 37.3. The van der Waals surface area contributed by atoms with Crippen molar-refractivity contribution in [2.75, 3.05) is 6.80 Å². The first-order valence-electron chi connectivity index (χ1n) is 3.86. The molecule has 2 aromatic heterocycles. The zero-order valence-corrected chi connectivity index (χ0v) is 8.15. The smallest absolute Gasteiger partial charge is 0.233 e. The summed E-state index contributed by atoms with van der Waals surface area (Å²) in [5, 5.41) is 3.13. The van der Waals surface area contributed by atoms with Crippen molar-refractivity contribution in [2.45, 2.75) is 5.16 Å². The van der Waals surface area contributed by atoms with Crippen LogP contribution in [0.15, 0.2) is 23.6 Å². The van der Waals surface area contributed by atoms with E-state index in [2.05, 4.69) is 15.1 Å². The molecular weight excluding hydrogens is 225 g/mol. The van der Waals surface area contributed by atoms with Gasteiger partial charge in [0, 0.05) is 12.4 Å². The molecule has 1 N–H and O–H groups in total.